The number of aromatic nitrogens is 4. The zero-order valence-electron chi connectivity index (χ0n) is 11.2. The van der Waals surface area contributed by atoms with E-state index in [2.05, 4.69) is 10.1 Å². The van der Waals surface area contributed by atoms with Gasteiger partial charge in [-0.3, -0.25) is 9.20 Å². The monoisotopic (exact) mass is 305 g/mol. The van der Waals surface area contributed by atoms with Crippen molar-refractivity contribution >= 4 is 28.2 Å². The van der Waals surface area contributed by atoms with Crippen molar-refractivity contribution in [1.29, 1.82) is 0 Å². The third kappa shape index (κ3) is 2.07. The second-order valence-electron chi connectivity index (χ2n) is 4.49. The molecule has 0 saturated heterocycles. The largest absolute Gasteiger partial charge is 0.476 e. The Labute approximate surface area is 122 Å². The van der Waals surface area contributed by atoms with Crippen LogP contribution in [0.15, 0.2) is 23.8 Å². The fourth-order valence-corrected chi connectivity index (χ4v) is 2.63. The predicted molar refractivity (Wildman–Crippen MR) is 75.2 cm³/mol. The highest BCUT2D eigenvalue weighted by Gasteiger charge is 2.22. The topological polar surface area (TPSA) is 92.7 Å². The van der Waals surface area contributed by atoms with Crippen molar-refractivity contribution in [2.75, 3.05) is 14.1 Å². The van der Waals surface area contributed by atoms with Crippen molar-refractivity contribution in [3.63, 3.8) is 0 Å². The molecule has 0 fully saturated rings. The first kappa shape index (κ1) is 13.3. The number of aromatic carboxylic acids is 1. The molecule has 0 spiro atoms. The minimum Gasteiger partial charge on any atom is -0.476 e. The highest BCUT2D eigenvalue weighted by molar-refractivity contribution is 7.15. The van der Waals surface area contributed by atoms with Gasteiger partial charge in [-0.1, -0.05) is 0 Å². The molecule has 1 N–H and O–H groups in total. The average Bonchev–Trinajstić information content (AvgIpc) is 3.10. The Kier molecular flexibility index (Phi) is 2.98. The third-order valence-electron chi connectivity index (χ3n) is 2.88. The van der Waals surface area contributed by atoms with E-state index in [9.17, 15) is 14.7 Å². The van der Waals surface area contributed by atoms with Gasteiger partial charge in [0, 0.05) is 31.9 Å². The van der Waals surface area contributed by atoms with Gasteiger partial charge in [-0.05, 0) is 6.07 Å². The van der Waals surface area contributed by atoms with Crippen LogP contribution in [-0.2, 0) is 0 Å². The second-order valence-corrected chi connectivity index (χ2v) is 5.36. The number of amides is 1. The molecule has 0 aliphatic carbocycles. The lowest BCUT2D eigenvalue weighted by molar-refractivity contribution is 0.0689. The fraction of sp³-hybridized carbons (Fsp3) is 0.167. The Morgan fingerprint density at radius 2 is 2.10 bits per heavy atom. The smallest absolute Gasteiger partial charge is 0.356 e. The normalized spacial score (nSPS) is 11.0. The van der Waals surface area contributed by atoms with Crippen molar-refractivity contribution in [3.05, 3.63) is 35.2 Å². The number of rotatable bonds is 3. The maximum atomic E-state index is 11.8. The van der Waals surface area contributed by atoms with Crippen molar-refractivity contribution in [2.24, 2.45) is 0 Å². The van der Waals surface area contributed by atoms with Crippen LogP contribution in [-0.4, -0.2) is 55.1 Å². The quantitative estimate of drug-likeness (QED) is 0.778. The summed E-state index contributed by atoms with van der Waals surface area (Å²) in [6, 6.07) is 1.53. The predicted octanol–water partition coefficient (Wildman–Crippen LogP) is 0.982. The van der Waals surface area contributed by atoms with Gasteiger partial charge >= 0.3 is 5.97 Å². The second kappa shape index (κ2) is 4.70. The van der Waals surface area contributed by atoms with Crippen LogP contribution in [0.4, 0.5) is 0 Å². The van der Waals surface area contributed by atoms with E-state index in [1.165, 1.54) is 37.6 Å². The molecule has 3 heterocycles. The summed E-state index contributed by atoms with van der Waals surface area (Å²) in [6.45, 7) is 0. The molecule has 0 aliphatic heterocycles. The van der Waals surface area contributed by atoms with E-state index >= 15 is 0 Å². The first-order valence-electron chi connectivity index (χ1n) is 5.95. The standard InChI is InChI=1S/C12H11N5O3S/c1-15(2)10(18)7-3-4-17(14-7)9-8(11(19)20)16-5-6-21-12(16)13-9/h3-6H,1-2H3,(H,19,20). The van der Waals surface area contributed by atoms with Crippen LogP contribution in [0.5, 0.6) is 0 Å². The van der Waals surface area contributed by atoms with Gasteiger partial charge in [0.25, 0.3) is 5.91 Å². The van der Waals surface area contributed by atoms with Crippen molar-refractivity contribution < 1.29 is 14.7 Å². The summed E-state index contributed by atoms with van der Waals surface area (Å²) >= 11 is 1.32. The molecular formula is C12H11N5O3S. The third-order valence-corrected chi connectivity index (χ3v) is 3.63. The first-order valence-corrected chi connectivity index (χ1v) is 6.83. The molecule has 0 atom stereocenters. The van der Waals surface area contributed by atoms with E-state index in [0.29, 0.717) is 4.96 Å². The van der Waals surface area contributed by atoms with Crippen molar-refractivity contribution in [2.45, 2.75) is 0 Å². The molecule has 9 heteroatoms. The first-order chi connectivity index (χ1) is 9.99. The zero-order valence-corrected chi connectivity index (χ0v) is 12.0. The van der Waals surface area contributed by atoms with Crippen LogP contribution < -0.4 is 0 Å². The van der Waals surface area contributed by atoms with Crippen LogP contribution in [0.3, 0.4) is 0 Å². The van der Waals surface area contributed by atoms with E-state index in [1.54, 1.807) is 25.7 Å². The SMILES string of the molecule is CN(C)C(=O)c1ccn(-c2nc3sccn3c2C(=O)O)n1. The number of carboxylic acids is 1. The van der Waals surface area contributed by atoms with Gasteiger partial charge in [-0.15, -0.1) is 11.3 Å². The van der Waals surface area contributed by atoms with E-state index < -0.39 is 5.97 Å². The Morgan fingerprint density at radius 1 is 1.33 bits per heavy atom. The Hall–Kier alpha value is -2.68. The van der Waals surface area contributed by atoms with Gasteiger partial charge in [0.15, 0.2) is 22.2 Å². The van der Waals surface area contributed by atoms with Crippen LogP contribution in [0.25, 0.3) is 10.8 Å². The molecule has 0 radical (unpaired) electrons. The number of imidazole rings is 1. The molecule has 0 aromatic carbocycles. The molecule has 0 unspecified atom stereocenters. The zero-order chi connectivity index (χ0) is 15.1. The van der Waals surface area contributed by atoms with E-state index in [4.69, 9.17) is 0 Å². The minimum absolute atomic E-state index is 0.0122. The number of carbonyl (C=O) groups is 2. The number of thiazole rings is 1. The van der Waals surface area contributed by atoms with Crippen LogP contribution in [0.2, 0.25) is 0 Å². The molecular weight excluding hydrogens is 294 g/mol. The summed E-state index contributed by atoms with van der Waals surface area (Å²) in [5.41, 5.74) is 0.242. The summed E-state index contributed by atoms with van der Waals surface area (Å²) in [7, 11) is 3.24. The molecule has 21 heavy (non-hydrogen) atoms. The van der Waals surface area contributed by atoms with E-state index in [0.717, 1.165) is 0 Å². The summed E-state index contributed by atoms with van der Waals surface area (Å²) in [5.74, 6) is -1.18. The van der Waals surface area contributed by atoms with Gasteiger partial charge in [0.2, 0.25) is 0 Å². The molecule has 0 bridgehead atoms. The lowest BCUT2D eigenvalue weighted by atomic mass is 10.4. The number of carboxylic acid groups (broad SMARTS) is 1. The van der Waals surface area contributed by atoms with E-state index in [1.807, 2.05) is 0 Å². The Balaban J connectivity index is 2.12. The molecule has 3 rings (SSSR count). The molecule has 3 aromatic rings. The van der Waals surface area contributed by atoms with Crippen LogP contribution >= 0.6 is 11.3 Å². The lowest BCUT2D eigenvalue weighted by Crippen LogP contribution is -2.22. The fourth-order valence-electron chi connectivity index (χ4n) is 1.92. The van der Waals surface area contributed by atoms with E-state index in [-0.39, 0.29) is 23.1 Å². The number of fused-ring (bicyclic) bond motifs is 1. The molecule has 0 aliphatic rings. The highest BCUT2D eigenvalue weighted by Crippen LogP contribution is 2.20. The molecule has 3 aromatic heterocycles. The minimum atomic E-state index is -1.10. The molecule has 108 valence electrons. The van der Waals surface area contributed by atoms with Crippen molar-refractivity contribution in [3.8, 4) is 5.82 Å². The van der Waals surface area contributed by atoms with Gasteiger partial charge in [-0.25, -0.2) is 9.48 Å². The molecule has 8 nitrogen and oxygen atoms in total. The Bertz CT molecular complexity index is 844. The maximum absolute atomic E-state index is 11.8. The average molecular weight is 305 g/mol. The number of carbonyl (C=O) groups excluding carboxylic acids is 1. The van der Waals surface area contributed by atoms with Gasteiger partial charge in [0.05, 0.1) is 0 Å². The number of hydrogen-bond acceptors (Lipinski definition) is 5. The summed E-state index contributed by atoms with van der Waals surface area (Å²) in [4.78, 5) is 29.5. The Morgan fingerprint density at radius 3 is 2.76 bits per heavy atom. The summed E-state index contributed by atoms with van der Waals surface area (Å²) in [5, 5.41) is 15.2. The lowest BCUT2D eigenvalue weighted by Gasteiger charge is -2.06. The summed E-state index contributed by atoms with van der Waals surface area (Å²) in [6.07, 6.45) is 3.16. The number of nitrogens with zero attached hydrogens (tertiary/aromatic N) is 5. The molecule has 1 amide bonds. The van der Waals surface area contributed by atoms with Crippen LogP contribution in [0, 0.1) is 0 Å². The molecule has 0 saturated carbocycles. The summed E-state index contributed by atoms with van der Waals surface area (Å²) < 4.78 is 2.79. The van der Waals surface area contributed by atoms with Gasteiger partial charge in [0.1, 0.15) is 0 Å². The van der Waals surface area contributed by atoms with Gasteiger partial charge < -0.3 is 10.0 Å². The van der Waals surface area contributed by atoms with Gasteiger partial charge in [-0.2, -0.15) is 10.1 Å². The highest BCUT2D eigenvalue weighted by atomic mass is 32.1. The van der Waals surface area contributed by atoms with Crippen molar-refractivity contribution in [1.82, 2.24) is 24.1 Å². The number of hydrogen-bond donors (Lipinski definition) is 1. The maximum Gasteiger partial charge on any atom is 0.356 e. The van der Waals surface area contributed by atoms with Crippen LogP contribution in [0.1, 0.15) is 21.0 Å².